The zero-order valence-corrected chi connectivity index (χ0v) is 12.7. The molecule has 0 amide bonds. The van der Waals surface area contributed by atoms with E-state index in [2.05, 4.69) is 56.1 Å². The van der Waals surface area contributed by atoms with Crippen LogP contribution in [-0.2, 0) is 0 Å². The van der Waals surface area contributed by atoms with Gasteiger partial charge in [0.25, 0.3) is 0 Å². The summed E-state index contributed by atoms with van der Waals surface area (Å²) in [7, 11) is 0. The number of hydrogen-bond acceptors (Lipinski definition) is 2. The number of benzene rings is 1. The lowest BCUT2D eigenvalue weighted by Gasteiger charge is -2.33. The SMILES string of the molecule is Cc1cccc(N2CC3(CC3)CNC(C)(C)C2)c1C. The highest BCUT2D eigenvalue weighted by Crippen LogP contribution is 2.48. The van der Waals surface area contributed by atoms with Crippen LogP contribution in [0.25, 0.3) is 0 Å². The van der Waals surface area contributed by atoms with E-state index in [0.29, 0.717) is 5.41 Å². The predicted molar refractivity (Wildman–Crippen MR) is 81.9 cm³/mol. The van der Waals surface area contributed by atoms with Crippen LogP contribution in [0.5, 0.6) is 0 Å². The lowest BCUT2D eigenvalue weighted by molar-refractivity contribution is 0.389. The summed E-state index contributed by atoms with van der Waals surface area (Å²) in [5.41, 5.74) is 5.02. The van der Waals surface area contributed by atoms with Crippen molar-refractivity contribution in [3.8, 4) is 0 Å². The zero-order valence-electron chi connectivity index (χ0n) is 12.7. The van der Waals surface area contributed by atoms with Crippen molar-refractivity contribution in [3.63, 3.8) is 0 Å². The first kappa shape index (κ1) is 13.0. The molecule has 0 aromatic heterocycles. The molecule has 0 unspecified atom stereocenters. The minimum atomic E-state index is 0.197. The monoisotopic (exact) mass is 258 g/mol. The van der Waals surface area contributed by atoms with Crippen LogP contribution in [0.2, 0.25) is 0 Å². The Balaban J connectivity index is 1.95. The Kier molecular flexibility index (Phi) is 2.90. The molecule has 1 aromatic carbocycles. The molecular formula is C17H26N2. The van der Waals surface area contributed by atoms with Crippen molar-refractivity contribution in [2.45, 2.75) is 46.1 Å². The first-order chi connectivity index (χ1) is 8.91. The summed E-state index contributed by atoms with van der Waals surface area (Å²) in [6.07, 6.45) is 2.77. The van der Waals surface area contributed by atoms with Gasteiger partial charge in [0, 0.05) is 36.3 Å². The maximum Gasteiger partial charge on any atom is 0.0399 e. The van der Waals surface area contributed by atoms with Gasteiger partial charge in [0.15, 0.2) is 0 Å². The number of nitrogens with one attached hydrogen (secondary N) is 1. The largest absolute Gasteiger partial charge is 0.369 e. The van der Waals surface area contributed by atoms with Crippen LogP contribution in [0.4, 0.5) is 5.69 Å². The summed E-state index contributed by atoms with van der Waals surface area (Å²) in [6, 6.07) is 6.70. The number of hydrogen-bond donors (Lipinski definition) is 1. The van der Waals surface area contributed by atoms with Crippen LogP contribution in [0, 0.1) is 19.3 Å². The third-order valence-corrected chi connectivity index (χ3v) is 4.93. The fourth-order valence-electron chi connectivity index (χ4n) is 3.24. The molecule has 1 saturated carbocycles. The Morgan fingerprint density at radius 1 is 1.11 bits per heavy atom. The molecule has 2 fully saturated rings. The zero-order chi connectivity index (χ0) is 13.7. The highest BCUT2D eigenvalue weighted by Gasteiger charge is 2.47. The summed E-state index contributed by atoms with van der Waals surface area (Å²) < 4.78 is 0. The van der Waals surface area contributed by atoms with Gasteiger partial charge < -0.3 is 10.2 Å². The van der Waals surface area contributed by atoms with E-state index in [0.717, 1.165) is 6.54 Å². The van der Waals surface area contributed by atoms with Crippen molar-refractivity contribution in [1.82, 2.24) is 5.32 Å². The van der Waals surface area contributed by atoms with Crippen LogP contribution in [0.3, 0.4) is 0 Å². The van der Waals surface area contributed by atoms with Crippen LogP contribution in [0.1, 0.15) is 37.8 Å². The van der Waals surface area contributed by atoms with Gasteiger partial charge in [0.1, 0.15) is 0 Å². The standard InChI is InChI=1S/C17H26N2/c1-13-6-5-7-15(14(13)2)19-11-16(3,4)18-10-17(12-19)8-9-17/h5-7,18H,8-12H2,1-4H3. The van der Waals surface area contributed by atoms with Crippen molar-refractivity contribution < 1.29 is 0 Å². The van der Waals surface area contributed by atoms with E-state index in [1.54, 1.807) is 0 Å². The Morgan fingerprint density at radius 3 is 2.53 bits per heavy atom. The van der Waals surface area contributed by atoms with Crippen molar-refractivity contribution >= 4 is 5.69 Å². The summed E-state index contributed by atoms with van der Waals surface area (Å²) in [4.78, 5) is 2.62. The van der Waals surface area contributed by atoms with Crippen molar-refractivity contribution in [3.05, 3.63) is 29.3 Å². The lowest BCUT2D eigenvalue weighted by Crippen LogP contribution is -2.46. The molecule has 2 heteroatoms. The number of nitrogens with zero attached hydrogens (tertiary/aromatic N) is 1. The molecule has 1 saturated heterocycles. The molecule has 2 aliphatic rings. The Labute approximate surface area is 117 Å². The van der Waals surface area contributed by atoms with E-state index in [4.69, 9.17) is 0 Å². The second kappa shape index (κ2) is 4.24. The van der Waals surface area contributed by atoms with Gasteiger partial charge in [-0.25, -0.2) is 0 Å². The third-order valence-electron chi connectivity index (χ3n) is 4.93. The van der Waals surface area contributed by atoms with Gasteiger partial charge in [-0.05, 0) is 57.7 Å². The van der Waals surface area contributed by atoms with Crippen LogP contribution < -0.4 is 10.2 Å². The molecule has 104 valence electrons. The van der Waals surface area contributed by atoms with Crippen LogP contribution in [-0.4, -0.2) is 25.2 Å². The normalized spacial score (nSPS) is 24.3. The molecule has 1 aliphatic heterocycles. The molecule has 0 bridgehead atoms. The molecule has 1 aromatic rings. The molecule has 3 rings (SSSR count). The first-order valence-electron chi connectivity index (χ1n) is 7.47. The highest BCUT2D eigenvalue weighted by molar-refractivity contribution is 5.57. The Morgan fingerprint density at radius 2 is 1.84 bits per heavy atom. The molecule has 1 heterocycles. The molecule has 2 nitrogen and oxygen atoms in total. The molecule has 19 heavy (non-hydrogen) atoms. The fraction of sp³-hybridized carbons (Fsp3) is 0.647. The van der Waals surface area contributed by atoms with E-state index in [1.165, 1.54) is 42.7 Å². The van der Waals surface area contributed by atoms with Gasteiger partial charge >= 0.3 is 0 Å². The smallest absolute Gasteiger partial charge is 0.0399 e. The first-order valence-corrected chi connectivity index (χ1v) is 7.47. The summed E-state index contributed by atoms with van der Waals surface area (Å²) in [6.45, 7) is 12.6. The Hall–Kier alpha value is -1.02. The van der Waals surface area contributed by atoms with E-state index < -0.39 is 0 Å². The van der Waals surface area contributed by atoms with E-state index in [9.17, 15) is 0 Å². The number of aryl methyl sites for hydroxylation is 1. The molecule has 1 aliphatic carbocycles. The molecule has 0 radical (unpaired) electrons. The van der Waals surface area contributed by atoms with Crippen molar-refractivity contribution in [1.29, 1.82) is 0 Å². The second-order valence-electron chi connectivity index (χ2n) is 7.31. The molecular weight excluding hydrogens is 232 g/mol. The predicted octanol–water partition coefficient (Wildman–Crippen LogP) is 3.27. The van der Waals surface area contributed by atoms with Gasteiger partial charge in [0.05, 0.1) is 0 Å². The summed E-state index contributed by atoms with van der Waals surface area (Å²) in [5.74, 6) is 0. The minimum Gasteiger partial charge on any atom is -0.369 e. The van der Waals surface area contributed by atoms with Crippen LogP contribution >= 0.6 is 0 Å². The molecule has 1 spiro atoms. The number of anilines is 1. The average molecular weight is 258 g/mol. The van der Waals surface area contributed by atoms with Crippen molar-refractivity contribution in [2.24, 2.45) is 5.41 Å². The van der Waals surface area contributed by atoms with Crippen molar-refractivity contribution in [2.75, 3.05) is 24.5 Å². The lowest BCUT2D eigenvalue weighted by atomic mass is 10.0. The summed E-state index contributed by atoms with van der Waals surface area (Å²) >= 11 is 0. The second-order valence-corrected chi connectivity index (χ2v) is 7.31. The fourth-order valence-corrected chi connectivity index (χ4v) is 3.24. The number of rotatable bonds is 1. The summed E-state index contributed by atoms with van der Waals surface area (Å²) in [5, 5.41) is 3.77. The third kappa shape index (κ3) is 2.51. The molecule has 0 atom stereocenters. The minimum absolute atomic E-state index is 0.197. The van der Waals surface area contributed by atoms with Gasteiger partial charge in [-0.2, -0.15) is 0 Å². The quantitative estimate of drug-likeness (QED) is 0.831. The molecule has 1 N–H and O–H groups in total. The van der Waals surface area contributed by atoms with E-state index in [1.807, 2.05) is 0 Å². The maximum atomic E-state index is 3.77. The Bertz CT molecular complexity index is 478. The van der Waals surface area contributed by atoms with E-state index in [-0.39, 0.29) is 5.54 Å². The van der Waals surface area contributed by atoms with Gasteiger partial charge in [-0.3, -0.25) is 0 Å². The van der Waals surface area contributed by atoms with Gasteiger partial charge in [0.2, 0.25) is 0 Å². The topological polar surface area (TPSA) is 15.3 Å². The van der Waals surface area contributed by atoms with Gasteiger partial charge in [-0.1, -0.05) is 12.1 Å². The van der Waals surface area contributed by atoms with Crippen LogP contribution in [0.15, 0.2) is 18.2 Å². The average Bonchev–Trinajstić information content (AvgIpc) is 3.11. The van der Waals surface area contributed by atoms with E-state index >= 15 is 0 Å². The van der Waals surface area contributed by atoms with Gasteiger partial charge in [-0.15, -0.1) is 0 Å². The maximum absolute atomic E-state index is 3.77. The highest BCUT2D eigenvalue weighted by atomic mass is 15.2.